The minimum Gasteiger partial charge on any atom is -0.378 e. The van der Waals surface area contributed by atoms with Gasteiger partial charge in [-0.2, -0.15) is 0 Å². The minimum atomic E-state index is -0.322. The van der Waals surface area contributed by atoms with Crippen LogP contribution in [0.5, 0.6) is 0 Å². The normalized spacial score (nSPS) is 25.8. The van der Waals surface area contributed by atoms with Crippen LogP contribution >= 0.6 is 11.8 Å². The van der Waals surface area contributed by atoms with Crippen molar-refractivity contribution in [2.75, 3.05) is 37.0 Å². The largest absolute Gasteiger partial charge is 0.378 e. The summed E-state index contributed by atoms with van der Waals surface area (Å²) in [6, 6.07) is 6.58. The number of thioether (sulfide) groups is 1. The predicted octanol–water partition coefficient (Wildman–Crippen LogP) is 3.28. The SMILES string of the molecule is CC(NC(=O)CSc1nnc(N2CCOCC2)n1-c1cccc(F)c1)C1CC2CCC1C2. The molecule has 7 nitrogen and oxygen atoms in total. The minimum absolute atomic E-state index is 0.00647. The van der Waals surface area contributed by atoms with Gasteiger partial charge in [0.2, 0.25) is 11.9 Å². The molecule has 0 radical (unpaired) electrons. The fourth-order valence-electron chi connectivity index (χ4n) is 5.60. The van der Waals surface area contributed by atoms with E-state index in [0.717, 1.165) is 11.8 Å². The van der Waals surface area contributed by atoms with Crippen LogP contribution in [0.2, 0.25) is 0 Å². The van der Waals surface area contributed by atoms with Crippen molar-refractivity contribution in [3.05, 3.63) is 30.1 Å². The maximum atomic E-state index is 14.0. The molecule has 0 spiro atoms. The molecule has 5 rings (SSSR count). The van der Waals surface area contributed by atoms with Gasteiger partial charge in [-0.3, -0.25) is 9.36 Å². The number of rotatable bonds is 7. The lowest BCUT2D eigenvalue weighted by Gasteiger charge is -2.28. The van der Waals surface area contributed by atoms with Gasteiger partial charge in [0.25, 0.3) is 0 Å². The molecule has 3 aliphatic rings. The number of ether oxygens (including phenoxy) is 1. The molecule has 4 unspecified atom stereocenters. The van der Waals surface area contributed by atoms with Gasteiger partial charge >= 0.3 is 0 Å². The highest BCUT2D eigenvalue weighted by Crippen LogP contribution is 2.49. The summed E-state index contributed by atoms with van der Waals surface area (Å²) in [5.74, 6) is 2.83. The van der Waals surface area contributed by atoms with E-state index in [-0.39, 0.29) is 23.5 Å². The molecule has 1 aromatic heterocycles. The van der Waals surface area contributed by atoms with E-state index >= 15 is 0 Å². The first kappa shape index (κ1) is 21.7. The topological polar surface area (TPSA) is 72.3 Å². The molecular weight excluding hydrogens is 429 g/mol. The molecule has 2 bridgehead atoms. The summed E-state index contributed by atoms with van der Waals surface area (Å²) in [5.41, 5.74) is 0.648. The second-order valence-electron chi connectivity index (χ2n) is 9.18. The van der Waals surface area contributed by atoms with Crippen LogP contribution in [0.1, 0.15) is 32.6 Å². The Bertz CT molecular complexity index is 964. The van der Waals surface area contributed by atoms with Crippen molar-refractivity contribution >= 4 is 23.6 Å². The number of hydrogen-bond acceptors (Lipinski definition) is 6. The van der Waals surface area contributed by atoms with Crippen molar-refractivity contribution in [2.24, 2.45) is 17.8 Å². The van der Waals surface area contributed by atoms with Crippen molar-refractivity contribution < 1.29 is 13.9 Å². The molecule has 1 aliphatic heterocycles. The zero-order chi connectivity index (χ0) is 22.1. The van der Waals surface area contributed by atoms with Crippen molar-refractivity contribution in [2.45, 2.75) is 43.8 Å². The summed E-state index contributed by atoms with van der Waals surface area (Å²) in [6.07, 6.45) is 5.25. The van der Waals surface area contributed by atoms with E-state index in [9.17, 15) is 9.18 Å². The number of amides is 1. The Kier molecular flexibility index (Phi) is 6.37. The number of morpholine rings is 1. The molecule has 2 aromatic rings. The van der Waals surface area contributed by atoms with Crippen molar-refractivity contribution in [1.29, 1.82) is 0 Å². The number of benzene rings is 1. The van der Waals surface area contributed by atoms with E-state index < -0.39 is 0 Å². The summed E-state index contributed by atoms with van der Waals surface area (Å²) in [4.78, 5) is 14.8. The van der Waals surface area contributed by atoms with Gasteiger partial charge in [0.1, 0.15) is 5.82 Å². The molecule has 3 fully saturated rings. The molecule has 2 heterocycles. The lowest BCUT2D eigenvalue weighted by atomic mass is 9.84. The van der Waals surface area contributed by atoms with Crippen LogP contribution in [0.15, 0.2) is 29.4 Å². The second-order valence-corrected chi connectivity index (χ2v) is 10.1. The Morgan fingerprint density at radius 3 is 2.84 bits per heavy atom. The molecule has 2 saturated carbocycles. The Morgan fingerprint density at radius 1 is 1.28 bits per heavy atom. The average molecular weight is 460 g/mol. The van der Waals surface area contributed by atoms with Gasteiger partial charge < -0.3 is 15.0 Å². The maximum Gasteiger partial charge on any atom is 0.232 e. The van der Waals surface area contributed by atoms with Crippen molar-refractivity contribution in [1.82, 2.24) is 20.1 Å². The highest BCUT2D eigenvalue weighted by atomic mass is 32.2. The van der Waals surface area contributed by atoms with Crippen LogP contribution in [0.25, 0.3) is 5.69 Å². The van der Waals surface area contributed by atoms with Crippen LogP contribution in [-0.4, -0.2) is 58.8 Å². The average Bonchev–Trinajstić information content (AvgIpc) is 3.54. The second kappa shape index (κ2) is 9.39. The van der Waals surface area contributed by atoms with Crippen LogP contribution < -0.4 is 10.2 Å². The smallest absolute Gasteiger partial charge is 0.232 e. The van der Waals surface area contributed by atoms with Crippen LogP contribution in [0.4, 0.5) is 10.3 Å². The lowest BCUT2D eigenvalue weighted by molar-refractivity contribution is -0.119. The molecule has 1 amide bonds. The van der Waals surface area contributed by atoms with Gasteiger partial charge in [-0.1, -0.05) is 24.2 Å². The third kappa shape index (κ3) is 4.50. The summed E-state index contributed by atoms with van der Waals surface area (Å²) >= 11 is 1.34. The van der Waals surface area contributed by atoms with Crippen molar-refractivity contribution in [3.8, 4) is 5.69 Å². The number of nitrogens with zero attached hydrogens (tertiary/aromatic N) is 4. The first-order chi connectivity index (χ1) is 15.6. The fraction of sp³-hybridized carbons (Fsp3) is 0.609. The van der Waals surface area contributed by atoms with Crippen LogP contribution in [0.3, 0.4) is 0 Å². The van der Waals surface area contributed by atoms with Crippen LogP contribution in [0, 0.1) is 23.6 Å². The van der Waals surface area contributed by atoms with Gasteiger partial charge in [0.05, 0.1) is 24.7 Å². The predicted molar refractivity (Wildman–Crippen MR) is 122 cm³/mol. The van der Waals surface area contributed by atoms with E-state index in [1.807, 2.05) is 10.6 Å². The molecule has 4 atom stereocenters. The molecule has 1 N–H and O–H groups in total. The Balaban J connectivity index is 1.28. The van der Waals surface area contributed by atoms with Gasteiger partial charge in [-0.25, -0.2) is 4.39 Å². The fourth-order valence-corrected chi connectivity index (χ4v) is 6.36. The highest BCUT2D eigenvalue weighted by molar-refractivity contribution is 7.99. The number of carbonyl (C=O) groups is 1. The van der Waals surface area contributed by atoms with Gasteiger partial charge in [0, 0.05) is 19.1 Å². The van der Waals surface area contributed by atoms with Gasteiger partial charge in [-0.05, 0) is 62.1 Å². The molecule has 172 valence electrons. The first-order valence-electron chi connectivity index (χ1n) is 11.5. The Hall–Kier alpha value is -2.13. The highest BCUT2D eigenvalue weighted by Gasteiger charge is 2.42. The third-order valence-corrected chi connectivity index (χ3v) is 8.06. The number of aromatic nitrogens is 3. The number of hydrogen-bond donors (Lipinski definition) is 1. The summed E-state index contributed by atoms with van der Waals surface area (Å²) in [5, 5.41) is 12.5. The van der Waals surface area contributed by atoms with E-state index in [1.165, 1.54) is 49.6 Å². The summed E-state index contributed by atoms with van der Waals surface area (Å²) in [6.45, 7) is 4.75. The molecule has 32 heavy (non-hydrogen) atoms. The van der Waals surface area contributed by atoms with E-state index in [0.29, 0.717) is 49.0 Å². The third-order valence-electron chi connectivity index (χ3n) is 7.13. The standard InChI is InChI=1S/C23H30FN5O2S/c1-15(20-12-16-5-6-17(20)11-16)25-21(30)14-32-23-27-26-22(28-7-9-31-10-8-28)29(23)19-4-2-3-18(24)13-19/h2-4,13,15-17,20H,5-12,14H2,1H3,(H,25,30). The molecule has 1 saturated heterocycles. The molecule has 9 heteroatoms. The number of anilines is 1. The summed E-state index contributed by atoms with van der Waals surface area (Å²) in [7, 11) is 0. The van der Waals surface area contributed by atoms with Crippen LogP contribution in [-0.2, 0) is 9.53 Å². The summed E-state index contributed by atoms with van der Waals surface area (Å²) < 4.78 is 21.3. The maximum absolute atomic E-state index is 14.0. The number of fused-ring (bicyclic) bond motifs is 2. The number of halogens is 1. The van der Waals surface area contributed by atoms with Gasteiger partial charge in [-0.15, -0.1) is 10.2 Å². The first-order valence-corrected chi connectivity index (χ1v) is 12.5. The number of carbonyl (C=O) groups excluding carboxylic acids is 1. The van der Waals surface area contributed by atoms with E-state index in [1.54, 1.807) is 6.07 Å². The molecular formula is C23H30FN5O2S. The number of nitrogens with one attached hydrogen (secondary N) is 1. The zero-order valence-corrected chi connectivity index (χ0v) is 19.2. The molecule has 1 aromatic carbocycles. The lowest BCUT2D eigenvalue weighted by Crippen LogP contribution is -2.41. The quantitative estimate of drug-likeness (QED) is 0.641. The van der Waals surface area contributed by atoms with E-state index in [4.69, 9.17) is 4.74 Å². The monoisotopic (exact) mass is 459 g/mol. The van der Waals surface area contributed by atoms with E-state index in [2.05, 4.69) is 27.3 Å². The van der Waals surface area contributed by atoms with Crippen molar-refractivity contribution in [3.63, 3.8) is 0 Å². The molecule has 2 aliphatic carbocycles. The zero-order valence-electron chi connectivity index (χ0n) is 18.4. The van der Waals surface area contributed by atoms with Gasteiger partial charge in [0.15, 0.2) is 5.16 Å². The Morgan fingerprint density at radius 2 is 2.12 bits per heavy atom. The Labute approximate surface area is 192 Å².